The average Bonchev–Trinajstić information content (AvgIpc) is 3.88. The molecule has 4 aromatic heterocycles. The number of halogens is 5. The number of fused-ring (bicyclic) bond motifs is 2. The number of nitro benzene ring substituents is 2. The topological polar surface area (TPSA) is 223 Å². The third-order valence-electron chi connectivity index (χ3n) is 11.3. The molecule has 5 heterocycles. The van der Waals surface area contributed by atoms with Gasteiger partial charge < -0.3 is 43.8 Å². The Bertz CT molecular complexity index is 3320. The van der Waals surface area contributed by atoms with Crippen molar-refractivity contribution in [3.8, 4) is 34.0 Å². The Kier molecular flexibility index (Phi) is 14.6. The molecule has 8 aromatic rings. The van der Waals surface area contributed by atoms with Crippen molar-refractivity contribution in [1.29, 1.82) is 0 Å². The molecule has 372 valence electrons. The van der Waals surface area contributed by atoms with Gasteiger partial charge in [0.1, 0.15) is 12.3 Å². The van der Waals surface area contributed by atoms with E-state index in [4.69, 9.17) is 9.47 Å². The van der Waals surface area contributed by atoms with Gasteiger partial charge >= 0.3 is 18.9 Å². The summed E-state index contributed by atoms with van der Waals surface area (Å²) < 4.78 is 84.2. The number of nitrogens with zero attached hydrogens (tertiary/aromatic N) is 10. The van der Waals surface area contributed by atoms with Crippen LogP contribution in [0.25, 0.3) is 44.3 Å². The van der Waals surface area contributed by atoms with Crippen molar-refractivity contribution in [2.45, 2.75) is 13.2 Å². The van der Waals surface area contributed by atoms with Crippen LogP contribution in [0.15, 0.2) is 110 Å². The minimum absolute atomic E-state index is 0.0274. The van der Waals surface area contributed by atoms with Crippen LogP contribution >= 0.6 is 0 Å². The fraction of sp³-hybridized carbons (Fsp3) is 0.213. The van der Waals surface area contributed by atoms with Gasteiger partial charge in [-0.05, 0) is 24.3 Å². The molecule has 1 aliphatic heterocycles. The number of hydrogen-bond donors (Lipinski definition) is 2. The van der Waals surface area contributed by atoms with Gasteiger partial charge in [-0.15, -0.1) is 0 Å². The van der Waals surface area contributed by atoms with E-state index in [0.717, 1.165) is 45.1 Å². The maximum Gasteiger partial charge on any atom is 0.387 e. The van der Waals surface area contributed by atoms with Gasteiger partial charge in [0.05, 0.1) is 39.2 Å². The molecule has 72 heavy (non-hydrogen) atoms. The number of amides is 1. The quantitative estimate of drug-likeness (QED) is 0.0523. The van der Waals surface area contributed by atoms with E-state index in [9.17, 15) is 47.0 Å². The zero-order valence-electron chi connectivity index (χ0n) is 38.2. The first-order valence-electron chi connectivity index (χ1n) is 21.6. The average molecular weight is 997 g/mol. The van der Waals surface area contributed by atoms with Crippen LogP contribution in [0.3, 0.4) is 0 Å². The number of likely N-dealkylation sites (N-methyl/N-ethyl adjacent to an activating group) is 1. The summed E-state index contributed by atoms with van der Waals surface area (Å²) in [6, 6.07) is 22.4. The lowest BCUT2D eigenvalue weighted by molar-refractivity contribution is -0.387. The molecule has 1 fully saturated rings. The molecule has 0 aliphatic carbocycles. The molecule has 1 aliphatic rings. The molecule has 4 aromatic carbocycles. The first kappa shape index (κ1) is 49.4. The molecule has 1 saturated heterocycles. The van der Waals surface area contributed by atoms with Crippen molar-refractivity contribution in [2.24, 2.45) is 14.1 Å². The van der Waals surface area contributed by atoms with Gasteiger partial charge in [-0.3, -0.25) is 25.0 Å². The number of hydrogen-bond acceptors (Lipinski definition) is 15. The number of ether oxygens (including phenoxy) is 3. The Hall–Kier alpha value is -9.00. The Balaban J connectivity index is 0.000000200. The van der Waals surface area contributed by atoms with Crippen LogP contribution in [0.1, 0.15) is 0 Å². The highest BCUT2D eigenvalue weighted by molar-refractivity contribution is 5.96. The number of benzene rings is 4. The van der Waals surface area contributed by atoms with E-state index in [1.807, 2.05) is 84.2 Å². The van der Waals surface area contributed by atoms with E-state index in [1.54, 1.807) is 24.1 Å². The molecule has 0 atom stereocenters. The van der Waals surface area contributed by atoms with E-state index >= 15 is 0 Å². The van der Waals surface area contributed by atoms with E-state index in [0.29, 0.717) is 30.6 Å². The molecule has 1 amide bonds. The number of alkyl halides is 4. The second-order valence-electron chi connectivity index (χ2n) is 15.9. The summed E-state index contributed by atoms with van der Waals surface area (Å²) in [5, 5.41) is 30.4. The first-order valence-corrected chi connectivity index (χ1v) is 21.6. The number of anilines is 5. The van der Waals surface area contributed by atoms with Gasteiger partial charge in [0.25, 0.3) is 5.69 Å². The fourth-order valence-corrected chi connectivity index (χ4v) is 7.92. The summed E-state index contributed by atoms with van der Waals surface area (Å²) in [5.74, 6) is -2.43. The Morgan fingerprint density at radius 2 is 1.25 bits per heavy atom. The first-order chi connectivity index (χ1) is 34.5. The number of morpholine rings is 1. The summed E-state index contributed by atoms with van der Waals surface area (Å²) >= 11 is 0. The van der Waals surface area contributed by atoms with Crippen LogP contribution in [-0.4, -0.2) is 103 Å². The number of carbonyl (C=O) groups excluding carboxylic acids is 1. The molecule has 25 heteroatoms. The highest BCUT2D eigenvalue weighted by Gasteiger charge is 2.27. The molecular formula is C47H41F5N12O8. The van der Waals surface area contributed by atoms with Crippen molar-refractivity contribution in [2.75, 3.05) is 55.4 Å². The van der Waals surface area contributed by atoms with Gasteiger partial charge in [-0.2, -0.15) is 22.0 Å². The number of aryl methyl sites for hydroxylation is 2. The normalized spacial score (nSPS) is 12.5. The standard InChI is InChI=1S/C27H27F2N7O5.C20H14F3N5O3/c1-33(9-10-35-11-12-40-16-25(35)37)22-14-24(41-26(28)29)20(13-23(22)36(38)39)32-27-30-8-7-19(31-27)18-15-34(2)21-6-4-3-5-17(18)21;1-27-10-12(11-4-2-3-5-16(11)27)14-6-7-24-20(25-14)26-15-9-17(28(29)30)13(21)8-18(15)31-19(22)23/h3-8,13-15,26H,9-12,16H2,1-2H3,(H,30,31,32);2-10,19H,1H3,(H,24,25,26). The minimum Gasteiger partial charge on any atom is -0.433 e. The SMILES string of the molecule is CN(CCN1CCOCC1=O)c1cc(OC(F)F)c(Nc2nccc(-c3cn(C)c4ccccc34)n2)cc1[N+](=O)[O-].Cn1cc(-c2ccnc(Nc3cc([N+](=O)[O-])c(F)cc3OC(F)F)n2)c2ccccc21. The maximum atomic E-state index is 13.9. The Morgan fingerprint density at radius 3 is 1.75 bits per heavy atom. The van der Waals surface area contributed by atoms with E-state index in [-0.39, 0.29) is 66.0 Å². The Labute approximate surface area is 404 Å². The van der Waals surface area contributed by atoms with Crippen molar-refractivity contribution < 1.29 is 50.8 Å². The molecule has 0 bridgehead atoms. The number of nitrogens with one attached hydrogen (secondary N) is 2. The molecule has 0 unspecified atom stereocenters. The summed E-state index contributed by atoms with van der Waals surface area (Å²) in [5.41, 5.74) is 3.12. The van der Waals surface area contributed by atoms with Crippen molar-refractivity contribution >= 4 is 68.0 Å². The number of aromatic nitrogens is 6. The summed E-state index contributed by atoms with van der Waals surface area (Å²) in [4.78, 5) is 53.8. The molecule has 2 N–H and O–H groups in total. The third-order valence-corrected chi connectivity index (χ3v) is 11.3. The molecule has 0 spiro atoms. The van der Waals surface area contributed by atoms with Crippen molar-refractivity contribution in [3.05, 3.63) is 136 Å². The van der Waals surface area contributed by atoms with Crippen LogP contribution in [0.2, 0.25) is 0 Å². The van der Waals surface area contributed by atoms with E-state index < -0.39 is 40.3 Å². The predicted octanol–water partition coefficient (Wildman–Crippen LogP) is 9.21. The lowest BCUT2D eigenvalue weighted by Crippen LogP contribution is -2.44. The van der Waals surface area contributed by atoms with E-state index in [1.165, 1.54) is 23.4 Å². The third kappa shape index (κ3) is 11.0. The molecule has 9 rings (SSSR count). The monoisotopic (exact) mass is 996 g/mol. The molecule has 0 radical (unpaired) electrons. The highest BCUT2D eigenvalue weighted by Crippen LogP contribution is 2.41. The largest absolute Gasteiger partial charge is 0.433 e. The smallest absolute Gasteiger partial charge is 0.387 e. The minimum atomic E-state index is -3.26. The number of nitro groups is 2. The van der Waals surface area contributed by atoms with Gasteiger partial charge in [0.15, 0.2) is 11.5 Å². The van der Waals surface area contributed by atoms with Gasteiger partial charge in [0.2, 0.25) is 23.6 Å². The van der Waals surface area contributed by atoms with Crippen LogP contribution in [0, 0.1) is 26.0 Å². The van der Waals surface area contributed by atoms with Crippen molar-refractivity contribution in [1.82, 2.24) is 34.0 Å². The fourth-order valence-electron chi connectivity index (χ4n) is 7.92. The number of carbonyl (C=O) groups is 1. The second-order valence-corrected chi connectivity index (χ2v) is 15.9. The van der Waals surface area contributed by atoms with Crippen molar-refractivity contribution in [3.63, 3.8) is 0 Å². The van der Waals surface area contributed by atoms with Crippen LogP contribution < -0.4 is 25.0 Å². The predicted molar refractivity (Wildman–Crippen MR) is 255 cm³/mol. The van der Waals surface area contributed by atoms with Gasteiger partial charge in [-0.25, -0.2) is 19.9 Å². The van der Waals surface area contributed by atoms with Crippen LogP contribution in [0.4, 0.5) is 62.3 Å². The van der Waals surface area contributed by atoms with Gasteiger partial charge in [-0.1, -0.05) is 36.4 Å². The Morgan fingerprint density at radius 1 is 0.750 bits per heavy atom. The number of rotatable bonds is 16. The van der Waals surface area contributed by atoms with E-state index in [2.05, 4.69) is 35.3 Å². The zero-order valence-corrected chi connectivity index (χ0v) is 38.2. The van der Waals surface area contributed by atoms with Gasteiger partial charge in [0, 0.05) is 123 Å². The summed E-state index contributed by atoms with van der Waals surface area (Å²) in [6.45, 7) is -5.20. The molecular weight excluding hydrogens is 956 g/mol. The van der Waals surface area contributed by atoms with Crippen LogP contribution in [-0.2, 0) is 23.6 Å². The maximum absolute atomic E-state index is 13.9. The second kappa shape index (κ2) is 21.3. The summed E-state index contributed by atoms with van der Waals surface area (Å²) in [7, 11) is 5.37. The molecule has 20 nitrogen and oxygen atoms in total. The molecule has 0 saturated carbocycles. The summed E-state index contributed by atoms with van der Waals surface area (Å²) in [6.07, 6.45) is 6.74. The highest BCUT2D eigenvalue weighted by atomic mass is 19.3. The van der Waals surface area contributed by atoms with Crippen LogP contribution in [0.5, 0.6) is 11.5 Å². The number of para-hydroxylation sites is 2. The zero-order chi connectivity index (χ0) is 51.2. The lowest BCUT2D eigenvalue weighted by Gasteiger charge is -2.29. The lowest BCUT2D eigenvalue weighted by atomic mass is 10.1.